The smallest absolute Gasteiger partial charge is 0.00388 e. The van der Waals surface area contributed by atoms with Crippen LogP contribution in [0.2, 0.25) is 0 Å². The van der Waals surface area contributed by atoms with E-state index in [1.807, 2.05) is 0 Å². The third-order valence-corrected chi connectivity index (χ3v) is 5.88. The van der Waals surface area contributed by atoms with Gasteiger partial charge in [-0.25, -0.2) is 0 Å². The molecule has 3 heterocycles. The average Bonchev–Trinajstić information content (AvgIpc) is 3.02. The van der Waals surface area contributed by atoms with Crippen LogP contribution in [0, 0.1) is 17.8 Å². The van der Waals surface area contributed by atoms with Crippen LogP contribution in [0.25, 0.3) is 0 Å². The molecule has 0 aromatic rings. The van der Waals surface area contributed by atoms with Crippen LogP contribution in [0.4, 0.5) is 0 Å². The number of fused-ring (bicyclic) bond motifs is 1. The number of rotatable bonds is 4. The Hall–Kier alpha value is -0.120. The van der Waals surface area contributed by atoms with Gasteiger partial charge in [-0.05, 0) is 58.4 Å². The van der Waals surface area contributed by atoms with E-state index in [-0.39, 0.29) is 0 Å². The highest BCUT2D eigenvalue weighted by molar-refractivity contribution is 4.94. The van der Waals surface area contributed by atoms with Gasteiger partial charge in [-0.2, -0.15) is 0 Å². The molecule has 3 rings (SSSR count). The molecule has 3 saturated heterocycles. The normalized spacial score (nSPS) is 36.6. The highest BCUT2D eigenvalue weighted by Gasteiger charge is 2.41. The van der Waals surface area contributed by atoms with Gasteiger partial charge in [0.15, 0.2) is 0 Å². The quantitative estimate of drug-likeness (QED) is 0.779. The highest BCUT2D eigenvalue weighted by atomic mass is 15.3. The van der Waals surface area contributed by atoms with Crippen molar-refractivity contribution >= 4 is 0 Å². The molecule has 0 spiro atoms. The lowest BCUT2D eigenvalue weighted by atomic mass is 10.0. The van der Waals surface area contributed by atoms with Gasteiger partial charge in [0.2, 0.25) is 0 Å². The van der Waals surface area contributed by atoms with Crippen molar-refractivity contribution in [2.75, 3.05) is 45.8 Å². The van der Waals surface area contributed by atoms with Crippen LogP contribution in [-0.4, -0.2) is 72.6 Å². The molecule has 20 heavy (non-hydrogen) atoms. The third kappa shape index (κ3) is 3.05. The summed E-state index contributed by atoms with van der Waals surface area (Å²) in [4.78, 5) is 8.12. The van der Waals surface area contributed by atoms with Crippen molar-refractivity contribution < 1.29 is 0 Å². The lowest BCUT2D eigenvalue weighted by Gasteiger charge is -2.26. The Morgan fingerprint density at radius 3 is 1.90 bits per heavy atom. The lowest BCUT2D eigenvalue weighted by Crippen LogP contribution is -2.35. The van der Waals surface area contributed by atoms with Crippen molar-refractivity contribution in [2.24, 2.45) is 17.8 Å². The van der Waals surface area contributed by atoms with Gasteiger partial charge in [-0.3, -0.25) is 0 Å². The molecule has 0 aliphatic carbocycles. The van der Waals surface area contributed by atoms with Crippen molar-refractivity contribution in [3.8, 4) is 0 Å². The van der Waals surface area contributed by atoms with Crippen LogP contribution in [0.15, 0.2) is 0 Å². The summed E-state index contributed by atoms with van der Waals surface area (Å²) in [5.41, 5.74) is 0. The summed E-state index contributed by atoms with van der Waals surface area (Å²) in [5.74, 6) is 2.84. The zero-order chi connectivity index (χ0) is 14.3. The van der Waals surface area contributed by atoms with Gasteiger partial charge in [0, 0.05) is 51.4 Å². The van der Waals surface area contributed by atoms with E-state index in [4.69, 9.17) is 0 Å². The molecule has 0 N–H and O–H groups in total. The minimum absolute atomic E-state index is 0.734. The predicted octanol–water partition coefficient (Wildman–Crippen LogP) is 1.99. The number of nitrogens with zero attached hydrogens (tertiary/aromatic N) is 3. The molecule has 3 aliphatic heterocycles. The fourth-order valence-electron chi connectivity index (χ4n) is 4.54. The Kier molecular flexibility index (Phi) is 4.40. The molecular formula is C17H33N3. The SMILES string of the molecule is CC(C)N1CCC(CN2CC3CN(C(C)C)CC3C2)C1. The van der Waals surface area contributed by atoms with E-state index in [0.717, 1.165) is 29.8 Å². The van der Waals surface area contributed by atoms with E-state index in [2.05, 4.69) is 42.4 Å². The van der Waals surface area contributed by atoms with E-state index >= 15 is 0 Å². The second-order valence-corrected chi connectivity index (χ2v) is 8.03. The van der Waals surface area contributed by atoms with Crippen molar-refractivity contribution in [3.63, 3.8) is 0 Å². The molecule has 3 fully saturated rings. The monoisotopic (exact) mass is 279 g/mol. The molecule has 0 bridgehead atoms. The zero-order valence-corrected chi connectivity index (χ0v) is 13.9. The largest absolute Gasteiger partial charge is 0.302 e. The summed E-state index contributed by atoms with van der Waals surface area (Å²) < 4.78 is 0. The molecule has 3 nitrogen and oxygen atoms in total. The molecule has 0 saturated carbocycles. The van der Waals surface area contributed by atoms with E-state index in [9.17, 15) is 0 Å². The van der Waals surface area contributed by atoms with E-state index in [1.54, 1.807) is 0 Å². The van der Waals surface area contributed by atoms with Crippen LogP contribution in [0.5, 0.6) is 0 Å². The van der Waals surface area contributed by atoms with Crippen molar-refractivity contribution in [1.29, 1.82) is 0 Å². The Balaban J connectivity index is 1.44. The van der Waals surface area contributed by atoms with Gasteiger partial charge >= 0.3 is 0 Å². The average molecular weight is 279 g/mol. The molecule has 3 unspecified atom stereocenters. The maximum absolute atomic E-state index is 2.78. The molecule has 3 aliphatic rings. The van der Waals surface area contributed by atoms with Gasteiger partial charge in [0.1, 0.15) is 0 Å². The number of likely N-dealkylation sites (tertiary alicyclic amines) is 3. The second-order valence-electron chi connectivity index (χ2n) is 8.03. The first-order valence-electron chi connectivity index (χ1n) is 8.73. The Labute approximate surface area is 125 Å². The van der Waals surface area contributed by atoms with Crippen LogP contribution < -0.4 is 0 Å². The van der Waals surface area contributed by atoms with Crippen LogP contribution in [-0.2, 0) is 0 Å². The molecule has 0 amide bonds. The topological polar surface area (TPSA) is 9.72 Å². The maximum Gasteiger partial charge on any atom is 0.00388 e. The summed E-state index contributed by atoms with van der Waals surface area (Å²) >= 11 is 0. The number of hydrogen-bond donors (Lipinski definition) is 0. The number of hydrogen-bond acceptors (Lipinski definition) is 3. The molecule has 116 valence electrons. The van der Waals surface area contributed by atoms with Crippen molar-refractivity contribution in [1.82, 2.24) is 14.7 Å². The van der Waals surface area contributed by atoms with E-state index in [1.165, 1.54) is 52.2 Å². The third-order valence-electron chi connectivity index (χ3n) is 5.88. The standard InChI is InChI=1S/C17H33N3/c1-13(2)19-6-5-15(8-19)7-18-9-16-11-20(14(3)4)12-17(16)10-18/h13-17H,5-12H2,1-4H3. The maximum atomic E-state index is 2.78. The fourth-order valence-corrected chi connectivity index (χ4v) is 4.54. The van der Waals surface area contributed by atoms with E-state index in [0.29, 0.717) is 0 Å². The Bertz CT molecular complexity index is 314. The lowest BCUT2D eigenvalue weighted by molar-refractivity contribution is 0.202. The molecule has 3 atom stereocenters. The van der Waals surface area contributed by atoms with Gasteiger partial charge in [0.05, 0.1) is 0 Å². The van der Waals surface area contributed by atoms with Crippen LogP contribution in [0.1, 0.15) is 34.1 Å². The molecule has 0 radical (unpaired) electrons. The van der Waals surface area contributed by atoms with Gasteiger partial charge in [0.25, 0.3) is 0 Å². The van der Waals surface area contributed by atoms with Crippen molar-refractivity contribution in [2.45, 2.75) is 46.2 Å². The molecule has 0 aromatic carbocycles. The van der Waals surface area contributed by atoms with E-state index < -0.39 is 0 Å². The van der Waals surface area contributed by atoms with Crippen LogP contribution >= 0.6 is 0 Å². The van der Waals surface area contributed by atoms with Crippen molar-refractivity contribution in [3.05, 3.63) is 0 Å². The first-order chi connectivity index (χ1) is 9.52. The summed E-state index contributed by atoms with van der Waals surface area (Å²) in [5, 5.41) is 0. The molecular weight excluding hydrogens is 246 g/mol. The van der Waals surface area contributed by atoms with Gasteiger partial charge < -0.3 is 14.7 Å². The Morgan fingerprint density at radius 2 is 1.40 bits per heavy atom. The highest BCUT2D eigenvalue weighted by Crippen LogP contribution is 2.33. The minimum Gasteiger partial charge on any atom is -0.302 e. The zero-order valence-electron chi connectivity index (χ0n) is 13.9. The Morgan fingerprint density at radius 1 is 0.800 bits per heavy atom. The van der Waals surface area contributed by atoms with Gasteiger partial charge in [-0.15, -0.1) is 0 Å². The summed E-state index contributed by atoms with van der Waals surface area (Å²) in [7, 11) is 0. The molecule has 0 aromatic heterocycles. The summed E-state index contributed by atoms with van der Waals surface area (Å²) in [6.45, 7) is 18.8. The summed E-state index contributed by atoms with van der Waals surface area (Å²) in [6.07, 6.45) is 1.42. The predicted molar refractivity (Wildman–Crippen MR) is 84.9 cm³/mol. The summed E-state index contributed by atoms with van der Waals surface area (Å²) in [6, 6.07) is 1.47. The van der Waals surface area contributed by atoms with Crippen LogP contribution in [0.3, 0.4) is 0 Å². The first kappa shape index (κ1) is 14.8. The minimum atomic E-state index is 0.734. The fraction of sp³-hybridized carbons (Fsp3) is 1.00. The molecule has 3 heteroatoms. The van der Waals surface area contributed by atoms with Gasteiger partial charge in [-0.1, -0.05) is 0 Å². The first-order valence-corrected chi connectivity index (χ1v) is 8.73. The second kappa shape index (κ2) is 5.94.